The van der Waals surface area contributed by atoms with Crippen LogP contribution in [0.5, 0.6) is 11.5 Å². The lowest BCUT2D eigenvalue weighted by Gasteiger charge is -2.20. The lowest BCUT2D eigenvalue weighted by atomic mass is 10.2. The zero-order valence-corrected chi connectivity index (χ0v) is 12.5. The van der Waals surface area contributed by atoms with E-state index in [4.69, 9.17) is 4.74 Å². The molecule has 0 radical (unpaired) electrons. The third kappa shape index (κ3) is 3.65. The zero-order chi connectivity index (χ0) is 15.2. The Morgan fingerprint density at radius 3 is 2.41 bits per heavy atom. The van der Waals surface area contributed by atoms with Crippen molar-refractivity contribution in [1.29, 1.82) is 0 Å². The van der Waals surface area contributed by atoms with Crippen molar-refractivity contribution in [3.8, 4) is 11.5 Å². The Bertz CT molecular complexity index is 603. The fourth-order valence-electron chi connectivity index (χ4n) is 2.52. The Balaban J connectivity index is 1.66. The number of nitrogens with zero attached hydrogens (tertiary/aromatic N) is 1. The molecule has 4 heteroatoms. The highest BCUT2D eigenvalue weighted by molar-refractivity contribution is 5.94. The average molecular weight is 296 g/mol. The number of benzene rings is 2. The van der Waals surface area contributed by atoms with Crippen molar-refractivity contribution in [3.63, 3.8) is 0 Å². The predicted octanol–water partition coefficient (Wildman–Crippen LogP) is 2.91. The second kappa shape index (κ2) is 7.09. The summed E-state index contributed by atoms with van der Waals surface area (Å²) in [7, 11) is 0. The summed E-state index contributed by atoms with van der Waals surface area (Å²) in [5.41, 5.74) is 0.710. The standard InChI is InChI=1S/C18H20N2O2/c21-18(20-13-4-11-19-12-14-20)15-7-9-17(10-8-15)22-16-5-2-1-3-6-16/h1-3,5-10,19H,4,11-14H2. The molecular weight excluding hydrogens is 276 g/mol. The number of hydrogen-bond donors (Lipinski definition) is 1. The molecule has 1 saturated heterocycles. The number of para-hydroxylation sites is 1. The molecule has 114 valence electrons. The summed E-state index contributed by atoms with van der Waals surface area (Å²) in [4.78, 5) is 14.4. The van der Waals surface area contributed by atoms with Crippen LogP contribution in [0, 0.1) is 0 Å². The van der Waals surface area contributed by atoms with Crippen molar-refractivity contribution >= 4 is 5.91 Å². The van der Waals surface area contributed by atoms with Gasteiger partial charge >= 0.3 is 0 Å². The molecule has 1 heterocycles. The Morgan fingerprint density at radius 1 is 0.909 bits per heavy atom. The normalized spacial score (nSPS) is 15.2. The highest BCUT2D eigenvalue weighted by Crippen LogP contribution is 2.21. The lowest BCUT2D eigenvalue weighted by Crippen LogP contribution is -2.34. The molecule has 4 nitrogen and oxygen atoms in total. The molecule has 1 fully saturated rings. The van der Waals surface area contributed by atoms with E-state index in [1.54, 1.807) is 0 Å². The quantitative estimate of drug-likeness (QED) is 0.947. The molecule has 1 N–H and O–H groups in total. The molecule has 0 atom stereocenters. The number of carbonyl (C=O) groups is 1. The summed E-state index contributed by atoms with van der Waals surface area (Å²) in [6.45, 7) is 3.42. The van der Waals surface area contributed by atoms with E-state index in [2.05, 4.69) is 5.32 Å². The van der Waals surface area contributed by atoms with Gasteiger partial charge in [0.2, 0.25) is 0 Å². The van der Waals surface area contributed by atoms with Gasteiger partial charge < -0.3 is 15.0 Å². The topological polar surface area (TPSA) is 41.6 Å². The first-order valence-corrected chi connectivity index (χ1v) is 7.66. The van der Waals surface area contributed by atoms with Crippen molar-refractivity contribution in [3.05, 3.63) is 60.2 Å². The maximum atomic E-state index is 12.5. The lowest BCUT2D eigenvalue weighted by molar-refractivity contribution is 0.0766. The first kappa shape index (κ1) is 14.6. The van der Waals surface area contributed by atoms with Gasteiger partial charge in [-0.05, 0) is 49.4 Å². The summed E-state index contributed by atoms with van der Waals surface area (Å²) in [5.74, 6) is 1.62. The van der Waals surface area contributed by atoms with Crippen LogP contribution in [-0.4, -0.2) is 37.0 Å². The molecule has 22 heavy (non-hydrogen) atoms. The smallest absolute Gasteiger partial charge is 0.253 e. The van der Waals surface area contributed by atoms with Crippen LogP contribution in [0.25, 0.3) is 0 Å². The van der Waals surface area contributed by atoms with Crippen LogP contribution in [0.15, 0.2) is 54.6 Å². The van der Waals surface area contributed by atoms with Gasteiger partial charge in [0.1, 0.15) is 11.5 Å². The molecule has 1 amide bonds. The Morgan fingerprint density at radius 2 is 1.64 bits per heavy atom. The fraction of sp³-hybridized carbons (Fsp3) is 0.278. The molecule has 2 aromatic rings. The molecule has 0 spiro atoms. The van der Waals surface area contributed by atoms with E-state index in [-0.39, 0.29) is 5.91 Å². The Labute approximate surface area is 130 Å². The fourth-order valence-corrected chi connectivity index (χ4v) is 2.52. The SMILES string of the molecule is O=C(c1ccc(Oc2ccccc2)cc1)N1CCCNCC1. The van der Waals surface area contributed by atoms with Gasteiger partial charge in [0.15, 0.2) is 0 Å². The van der Waals surface area contributed by atoms with Crippen LogP contribution >= 0.6 is 0 Å². The molecule has 0 aliphatic carbocycles. The summed E-state index contributed by atoms with van der Waals surface area (Å²) in [6, 6.07) is 17.0. The van der Waals surface area contributed by atoms with Crippen molar-refractivity contribution in [2.75, 3.05) is 26.2 Å². The van der Waals surface area contributed by atoms with Crippen molar-refractivity contribution in [2.24, 2.45) is 0 Å². The van der Waals surface area contributed by atoms with Gasteiger partial charge in [0.25, 0.3) is 5.91 Å². The zero-order valence-electron chi connectivity index (χ0n) is 12.5. The van der Waals surface area contributed by atoms with E-state index in [1.807, 2.05) is 59.5 Å². The minimum absolute atomic E-state index is 0.0926. The predicted molar refractivity (Wildman–Crippen MR) is 86.3 cm³/mol. The summed E-state index contributed by atoms with van der Waals surface area (Å²) in [6.07, 6.45) is 1.00. The van der Waals surface area contributed by atoms with E-state index >= 15 is 0 Å². The molecule has 0 saturated carbocycles. The number of hydrogen-bond acceptors (Lipinski definition) is 3. The van der Waals surface area contributed by atoms with Crippen LogP contribution in [0.2, 0.25) is 0 Å². The number of rotatable bonds is 3. The Kier molecular flexibility index (Phi) is 4.71. The van der Waals surface area contributed by atoms with Gasteiger partial charge in [-0.25, -0.2) is 0 Å². The molecular formula is C18H20N2O2. The van der Waals surface area contributed by atoms with E-state index in [0.717, 1.165) is 44.1 Å². The first-order valence-electron chi connectivity index (χ1n) is 7.66. The number of ether oxygens (including phenoxy) is 1. The molecule has 0 aromatic heterocycles. The second-order valence-corrected chi connectivity index (χ2v) is 5.34. The maximum absolute atomic E-state index is 12.5. The van der Waals surface area contributed by atoms with E-state index in [0.29, 0.717) is 5.56 Å². The monoisotopic (exact) mass is 296 g/mol. The largest absolute Gasteiger partial charge is 0.457 e. The van der Waals surface area contributed by atoms with Gasteiger partial charge in [-0.2, -0.15) is 0 Å². The summed E-state index contributed by atoms with van der Waals surface area (Å²) < 4.78 is 5.74. The van der Waals surface area contributed by atoms with Gasteiger partial charge in [-0.1, -0.05) is 18.2 Å². The van der Waals surface area contributed by atoms with Gasteiger partial charge in [-0.3, -0.25) is 4.79 Å². The summed E-state index contributed by atoms with van der Waals surface area (Å²) in [5, 5.41) is 3.31. The van der Waals surface area contributed by atoms with Crippen LogP contribution in [0.1, 0.15) is 16.8 Å². The van der Waals surface area contributed by atoms with Gasteiger partial charge in [0, 0.05) is 25.2 Å². The van der Waals surface area contributed by atoms with Crippen molar-refractivity contribution in [1.82, 2.24) is 10.2 Å². The highest BCUT2D eigenvalue weighted by atomic mass is 16.5. The van der Waals surface area contributed by atoms with Gasteiger partial charge in [-0.15, -0.1) is 0 Å². The first-order chi connectivity index (χ1) is 10.8. The third-order valence-electron chi connectivity index (χ3n) is 3.71. The van der Waals surface area contributed by atoms with Crippen LogP contribution in [0.3, 0.4) is 0 Å². The molecule has 1 aliphatic rings. The van der Waals surface area contributed by atoms with Crippen LogP contribution in [0.4, 0.5) is 0 Å². The van der Waals surface area contributed by atoms with Crippen LogP contribution < -0.4 is 10.1 Å². The van der Waals surface area contributed by atoms with E-state index in [1.165, 1.54) is 0 Å². The number of amides is 1. The van der Waals surface area contributed by atoms with E-state index in [9.17, 15) is 4.79 Å². The minimum atomic E-state index is 0.0926. The highest BCUT2D eigenvalue weighted by Gasteiger charge is 2.16. The Hall–Kier alpha value is -2.33. The molecule has 1 aliphatic heterocycles. The van der Waals surface area contributed by atoms with Crippen LogP contribution in [-0.2, 0) is 0 Å². The molecule has 2 aromatic carbocycles. The minimum Gasteiger partial charge on any atom is -0.457 e. The van der Waals surface area contributed by atoms with Crippen molar-refractivity contribution < 1.29 is 9.53 Å². The molecule has 3 rings (SSSR count). The third-order valence-corrected chi connectivity index (χ3v) is 3.71. The van der Waals surface area contributed by atoms with Crippen molar-refractivity contribution in [2.45, 2.75) is 6.42 Å². The van der Waals surface area contributed by atoms with Gasteiger partial charge in [0.05, 0.1) is 0 Å². The molecule has 0 bridgehead atoms. The molecule has 0 unspecified atom stereocenters. The maximum Gasteiger partial charge on any atom is 0.253 e. The van der Waals surface area contributed by atoms with E-state index < -0.39 is 0 Å². The average Bonchev–Trinajstić information content (AvgIpc) is 2.85. The second-order valence-electron chi connectivity index (χ2n) is 5.34. The number of nitrogens with one attached hydrogen (secondary N) is 1. The summed E-state index contributed by atoms with van der Waals surface area (Å²) >= 11 is 0. The number of carbonyl (C=O) groups excluding carboxylic acids is 1.